The number of thioether (sulfide) groups is 1. The molecule has 3 rings (SSSR count). The minimum absolute atomic E-state index is 0.637. The van der Waals surface area contributed by atoms with Crippen LogP contribution >= 0.6 is 23.1 Å². The van der Waals surface area contributed by atoms with Crippen LogP contribution in [0, 0.1) is 6.92 Å². The summed E-state index contributed by atoms with van der Waals surface area (Å²) < 4.78 is 5.75. The molecule has 108 valence electrons. The second-order valence-electron chi connectivity index (χ2n) is 4.41. The molecule has 3 aromatic rings. The van der Waals surface area contributed by atoms with Gasteiger partial charge in [-0.05, 0) is 30.0 Å². The van der Waals surface area contributed by atoms with E-state index in [0.717, 1.165) is 32.9 Å². The summed E-state index contributed by atoms with van der Waals surface area (Å²) in [7, 11) is 0. The van der Waals surface area contributed by atoms with Crippen molar-refractivity contribution in [3.8, 4) is 16.5 Å². The number of para-hydroxylation sites is 1. The Kier molecular flexibility index (Phi) is 4.57. The zero-order valence-corrected chi connectivity index (χ0v) is 13.2. The summed E-state index contributed by atoms with van der Waals surface area (Å²) in [5.74, 6) is 2.58. The van der Waals surface area contributed by atoms with Gasteiger partial charge in [0, 0.05) is 5.75 Å². The van der Waals surface area contributed by atoms with Crippen LogP contribution in [0.2, 0.25) is 0 Å². The van der Waals surface area contributed by atoms with Crippen LogP contribution in [0.25, 0.3) is 10.7 Å². The Balaban J connectivity index is 1.49. The Morgan fingerprint density at radius 3 is 2.95 bits per heavy atom. The van der Waals surface area contributed by atoms with Gasteiger partial charge in [-0.1, -0.05) is 36.0 Å². The van der Waals surface area contributed by atoms with E-state index in [-0.39, 0.29) is 0 Å². The molecule has 0 spiro atoms. The summed E-state index contributed by atoms with van der Waals surface area (Å²) in [5, 5.41) is 9.96. The van der Waals surface area contributed by atoms with Crippen molar-refractivity contribution in [3.63, 3.8) is 0 Å². The van der Waals surface area contributed by atoms with Crippen molar-refractivity contribution in [2.45, 2.75) is 12.1 Å². The first-order chi connectivity index (χ1) is 10.3. The second kappa shape index (κ2) is 6.78. The number of H-pyrrole nitrogens is 1. The molecule has 1 N–H and O–H groups in total. The Morgan fingerprint density at radius 1 is 1.24 bits per heavy atom. The van der Waals surface area contributed by atoms with Gasteiger partial charge >= 0.3 is 0 Å². The van der Waals surface area contributed by atoms with Gasteiger partial charge in [-0.2, -0.15) is 0 Å². The number of thiophene rings is 1. The van der Waals surface area contributed by atoms with Crippen LogP contribution in [0.3, 0.4) is 0 Å². The summed E-state index contributed by atoms with van der Waals surface area (Å²) in [6.45, 7) is 2.68. The van der Waals surface area contributed by atoms with Crippen LogP contribution in [0.15, 0.2) is 46.9 Å². The van der Waals surface area contributed by atoms with Crippen molar-refractivity contribution in [1.29, 1.82) is 0 Å². The van der Waals surface area contributed by atoms with Crippen molar-refractivity contribution in [1.82, 2.24) is 15.2 Å². The predicted molar refractivity (Wildman–Crippen MR) is 87.1 cm³/mol. The normalized spacial score (nSPS) is 10.7. The number of hydrogen-bond acceptors (Lipinski definition) is 5. The molecule has 2 aromatic heterocycles. The van der Waals surface area contributed by atoms with E-state index in [0.29, 0.717) is 6.61 Å². The summed E-state index contributed by atoms with van der Waals surface area (Å²) in [6.07, 6.45) is 0. The molecule has 0 aliphatic rings. The summed E-state index contributed by atoms with van der Waals surface area (Å²) in [4.78, 5) is 5.57. The van der Waals surface area contributed by atoms with Gasteiger partial charge in [-0.25, -0.2) is 4.98 Å². The maximum Gasteiger partial charge on any atom is 0.208 e. The van der Waals surface area contributed by atoms with Crippen molar-refractivity contribution in [2.24, 2.45) is 0 Å². The second-order valence-corrected chi connectivity index (χ2v) is 6.42. The zero-order chi connectivity index (χ0) is 14.5. The predicted octanol–water partition coefficient (Wildman–Crippen LogP) is 4.01. The van der Waals surface area contributed by atoms with Gasteiger partial charge in [0.05, 0.1) is 11.5 Å². The van der Waals surface area contributed by atoms with Crippen molar-refractivity contribution >= 4 is 23.1 Å². The Bertz CT molecular complexity index is 695. The molecule has 1 aromatic carbocycles. The van der Waals surface area contributed by atoms with E-state index >= 15 is 0 Å². The number of nitrogens with one attached hydrogen (secondary N) is 1. The molecule has 0 aliphatic heterocycles. The lowest BCUT2D eigenvalue weighted by Crippen LogP contribution is -2.01. The molecule has 0 aliphatic carbocycles. The van der Waals surface area contributed by atoms with E-state index in [4.69, 9.17) is 4.74 Å². The molecule has 2 heterocycles. The lowest BCUT2D eigenvalue weighted by atomic mass is 10.2. The minimum atomic E-state index is 0.637. The fourth-order valence-corrected chi connectivity index (χ4v) is 3.12. The maximum atomic E-state index is 5.75. The van der Waals surface area contributed by atoms with E-state index < -0.39 is 0 Å². The van der Waals surface area contributed by atoms with Crippen LogP contribution in [0.4, 0.5) is 0 Å². The van der Waals surface area contributed by atoms with E-state index in [9.17, 15) is 0 Å². The van der Waals surface area contributed by atoms with Crippen molar-refractivity contribution in [2.75, 3.05) is 12.4 Å². The Labute approximate surface area is 131 Å². The lowest BCUT2D eigenvalue weighted by molar-refractivity contribution is 0.341. The number of ether oxygens (including phenoxy) is 1. The SMILES string of the molecule is Cc1ccccc1OCCSc1n[nH]c(-c2cccs2)n1. The first-order valence-corrected chi connectivity index (χ1v) is 8.47. The smallest absolute Gasteiger partial charge is 0.208 e. The Morgan fingerprint density at radius 2 is 2.14 bits per heavy atom. The molecule has 0 radical (unpaired) electrons. The van der Waals surface area contributed by atoms with E-state index in [1.165, 1.54) is 0 Å². The molecule has 4 nitrogen and oxygen atoms in total. The molecule has 0 atom stereocenters. The molecular formula is C15H15N3OS2. The first kappa shape index (κ1) is 14.2. The number of nitrogens with zero attached hydrogens (tertiary/aromatic N) is 2. The molecule has 0 saturated carbocycles. The summed E-state index contributed by atoms with van der Waals surface area (Å²) in [6, 6.07) is 12.1. The highest BCUT2D eigenvalue weighted by Crippen LogP contribution is 2.23. The third-order valence-electron chi connectivity index (χ3n) is 2.89. The number of benzene rings is 1. The van der Waals surface area contributed by atoms with Crippen molar-refractivity contribution < 1.29 is 4.74 Å². The minimum Gasteiger partial charge on any atom is -0.492 e. The van der Waals surface area contributed by atoms with Crippen LogP contribution < -0.4 is 4.74 Å². The molecule has 0 fully saturated rings. The van der Waals surface area contributed by atoms with Gasteiger partial charge in [0.15, 0.2) is 5.82 Å². The highest BCUT2D eigenvalue weighted by molar-refractivity contribution is 7.99. The van der Waals surface area contributed by atoms with Gasteiger partial charge in [-0.3, -0.25) is 5.10 Å². The van der Waals surface area contributed by atoms with Gasteiger partial charge in [0.1, 0.15) is 5.75 Å². The maximum absolute atomic E-state index is 5.75. The largest absolute Gasteiger partial charge is 0.492 e. The summed E-state index contributed by atoms with van der Waals surface area (Å²) in [5.41, 5.74) is 1.15. The average Bonchev–Trinajstić information content (AvgIpc) is 3.16. The molecule has 6 heteroatoms. The van der Waals surface area contributed by atoms with Gasteiger partial charge in [-0.15, -0.1) is 16.4 Å². The van der Waals surface area contributed by atoms with Gasteiger partial charge in [0.25, 0.3) is 0 Å². The van der Waals surface area contributed by atoms with E-state index in [1.54, 1.807) is 23.1 Å². The highest BCUT2D eigenvalue weighted by Gasteiger charge is 2.07. The number of aromatic amines is 1. The molecule has 0 unspecified atom stereocenters. The van der Waals surface area contributed by atoms with Crippen LogP contribution in [-0.4, -0.2) is 27.5 Å². The number of hydrogen-bond donors (Lipinski definition) is 1. The van der Waals surface area contributed by atoms with Crippen LogP contribution in [-0.2, 0) is 0 Å². The van der Waals surface area contributed by atoms with Crippen LogP contribution in [0.5, 0.6) is 5.75 Å². The van der Waals surface area contributed by atoms with E-state index in [2.05, 4.69) is 15.2 Å². The monoisotopic (exact) mass is 317 g/mol. The van der Waals surface area contributed by atoms with Crippen molar-refractivity contribution in [3.05, 3.63) is 47.3 Å². The third kappa shape index (κ3) is 3.65. The fourth-order valence-electron chi connectivity index (χ4n) is 1.84. The molecule has 0 saturated heterocycles. The molecule has 0 bridgehead atoms. The fraction of sp³-hybridized carbons (Fsp3) is 0.200. The first-order valence-electron chi connectivity index (χ1n) is 6.60. The Hall–Kier alpha value is -1.79. The standard InChI is InChI=1S/C15H15N3OS2/c1-11-5-2-3-6-12(11)19-8-10-21-15-16-14(17-18-15)13-7-4-9-20-13/h2-7,9H,8,10H2,1H3,(H,16,17,18). The number of rotatable bonds is 6. The highest BCUT2D eigenvalue weighted by atomic mass is 32.2. The number of aryl methyl sites for hydroxylation is 1. The van der Waals surface area contributed by atoms with Crippen LogP contribution in [0.1, 0.15) is 5.56 Å². The molecule has 21 heavy (non-hydrogen) atoms. The van der Waals surface area contributed by atoms with Gasteiger partial charge in [0.2, 0.25) is 5.16 Å². The molecule has 0 amide bonds. The quantitative estimate of drug-likeness (QED) is 0.551. The topological polar surface area (TPSA) is 50.8 Å². The number of aromatic nitrogens is 3. The lowest BCUT2D eigenvalue weighted by Gasteiger charge is -2.07. The van der Waals surface area contributed by atoms with Gasteiger partial charge < -0.3 is 4.74 Å². The zero-order valence-electron chi connectivity index (χ0n) is 11.6. The molecular weight excluding hydrogens is 302 g/mol. The average molecular weight is 317 g/mol. The third-order valence-corrected chi connectivity index (χ3v) is 4.57. The summed E-state index contributed by atoms with van der Waals surface area (Å²) >= 11 is 3.24. The van der Waals surface area contributed by atoms with E-state index in [1.807, 2.05) is 48.7 Å².